The number of hydrogen-bond acceptors (Lipinski definition) is 2. The summed E-state index contributed by atoms with van der Waals surface area (Å²) in [5, 5.41) is 0. The summed E-state index contributed by atoms with van der Waals surface area (Å²) in [6, 6.07) is 13.8. The maximum absolute atomic E-state index is 4.31. The number of aliphatic imine (C=N–C) groups is 1. The molecule has 0 radical (unpaired) electrons. The monoisotopic (exact) mass is 182 g/mol. The van der Waals surface area contributed by atoms with Crippen LogP contribution in [0.2, 0.25) is 0 Å². The van der Waals surface area contributed by atoms with Crippen molar-refractivity contribution in [2.24, 2.45) is 4.99 Å². The standard InChI is InChI=1S/C12H10N2/c1-2-4-11(5-3-1)10-14-12-6-8-13-9-7-12/h1-10H/b14-10+. The van der Waals surface area contributed by atoms with Crippen molar-refractivity contribution in [2.75, 3.05) is 0 Å². The number of rotatable bonds is 2. The van der Waals surface area contributed by atoms with E-state index in [1.165, 1.54) is 0 Å². The van der Waals surface area contributed by atoms with E-state index in [2.05, 4.69) is 9.98 Å². The maximum Gasteiger partial charge on any atom is 0.0660 e. The van der Waals surface area contributed by atoms with Crippen LogP contribution in [0, 0.1) is 0 Å². The van der Waals surface area contributed by atoms with E-state index in [1.54, 1.807) is 12.4 Å². The van der Waals surface area contributed by atoms with Crippen LogP contribution in [0.5, 0.6) is 0 Å². The topological polar surface area (TPSA) is 25.2 Å². The number of pyridine rings is 1. The zero-order valence-corrected chi connectivity index (χ0v) is 7.67. The van der Waals surface area contributed by atoms with Crippen LogP contribution in [-0.4, -0.2) is 11.2 Å². The molecular formula is C12H10N2. The number of hydrogen-bond donors (Lipinski definition) is 0. The Hall–Kier alpha value is -1.96. The molecule has 2 aromatic rings. The highest BCUT2D eigenvalue weighted by Crippen LogP contribution is 2.08. The fourth-order valence-corrected chi connectivity index (χ4v) is 1.12. The molecular weight excluding hydrogens is 172 g/mol. The molecule has 1 aromatic carbocycles. The summed E-state index contributed by atoms with van der Waals surface area (Å²) >= 11 is 0. The summed E-state index contributed by atoms with van der Waals surface area (Å²) in [6.07, 6.45) is 5.31. The highest BCUT2D eigenvalue weighted by atomic mass is 14.7. The van der Waals surface area contributed by atoms with E-state index in [-0.39, 0.29) is 0 Å². The van der Waals surface area contributed by atoms with Crippen LogP contribution in [0.1, 0.15) is 5.56 Å². The van der Waals surface area contributed by atoms with Crippen LogP contribution in [0.3, 0.4) is 0 Å². The molecule has 0 bridgehead atoms. The lowest BCUT2D eigenvalue weighted by Crippen LogP contribution is -1.77. The van der Waals surface area contributed by atoms with E-state index in [9.17, 15) is 0 Å². The van der Waals surface area contributed by atoms with Gasteiger partial charge in [0, 0.05) is 18.6 Å². The predicted octanol–water partition coefficient (Wildman–Crippen LogP) is 2.83. The molecule has 0 aliphatic carbocycles. The minimum absolute atomic E-state index is 0.920. The third-order valence-electron chi connectivity index (χ3n) is 1.82. The summed E-state index contributed by atoms with van der Waals surface area (Å²) < 4.78 is 0. The molecule has 0 fully saturated rings. The quantitative estimate of drug-likeness (QED) is 0.655. The fraction of sp³-hybridized carbons (Fsp3) is 0. The highest BCUT2D eigenvalue weighted by molar-refractivity contribution is 5.81. The molecule has 1 heterocycles. The summed E-state index contributed by atoms with van der Waals surface area (Å²) in [4.78, 5) is 8.24. The molecule has 0 saturated carbocycles. The van der Waals surface area contributed by atoms with Crippen molar-refractivity contribution < 1.29 is 0 Å². The van der Waals surface area contributed by atoms with Gasteiger partial charge < -0.3 is 0 Å². The molecule has 1 aromatic heterocycles. The molecule has 2 heteroatoms. The van der Waals surface area contributed by atoms with E-state index in [1.807, 2.05) is 48.7 Å². The lowest BCUT2D eigenvalue weighted by atomic mass is 10.2. The third-order valence-corrected chi connectivity index (χ3v) is 1.82. The van der Waals surface area contributed by atoms with Crippen molar-refractivity contribution in [3.63, 3.8) is 0 Å². The van der Waals surface area contributed by atoms with Gasteiger partial charge in [-0.25, -0.2) is 0 Å². The Labute approximate surface area is 83.0 Å². The minimum atomic E-state index is 0.920. The minimum Gasteiger partial charge on any atom is -0.265 e. The van der Waals surface area contributed by atoms with Crippen molar-refractivity contribution >= 4 is 11.9 Å². The van der Waals surface area contributed by atoms with E-state index < -0.39 is 0 Å². The summed E-state index contributed by atoms with van der Waals surface area (Å²) in [5.41, 5.74) is 2.02. The average molecular weight is 182 g/mol. The lowest BCUT2D eigenvalue weighted by Gasteiger charge is -1.92. The third kappa shape index (κ3) is 2.26. The van der Waals surface area contributed by atoms with Crippen LogP contribution >= 0.6 is 0 Å². The van der Waals surface area contributed by atoms with E-state index in [4.69, 9.17) is 0 Å². The van der Waals surface area contributed by atoms with Crippen molar-refractivity contribution in [1.29, 1.82) is 0 Å². The number of aromatic nitrogens is 1. The van der Waals surface area contributed by atoms with Gasteiger partial charge in [-0.3, -0.25) is 9.98 Å². The van der Waals surface area contributed by atoms with Gasteiger partial charge in [0.15, 0.2) is 0 Å². The first kappa shape index (κ1) is 8.63. The second-order valence-corrected chi connectivity index (χ2v) is 2.87. The Kier molecular flexibility index (Phi) is 2.67. The molecule has 0 aliphatic heterocycles. The highest BCUT2D eigenvalue weighted by Gasteiger charge is 1.85. The normalized spacial score (nSPS) is 10.6. The van der Waals surface area contributed by atoms with Crippen LogP contribution < -0.4 is 0 Å². The van der Waals surface area contributed by atoms with Gasteiger partial charge in [0.2, 0.25) is 0 Å². The Morgan fingerprint density at radius 3 is 2.36 bits per heavy atom. The molecule has 0 aliphatic rings. The summed E-state index contributed by atoms with van der Waals surface area (Å²) in [7, 11) is 0. The molecule has 2 nitrogen and oxygen atoms in total. The largest absolute Gasteiger partial charge is 0.265 e. The zero-order chi connectivity index (χ0) is 9.64. The first-order chi connectivity index (χ1) is 6.95. The van der Waals surface area contributed by atoms with Gasteiger partial charge in [-0.1, -0.05) is 30.3 Å². The smallest absolute Gasteiger partial charge is 0.0660 e. The van der Waals surface area contributed by atoms with Gasteiger partial charge in [0.05, 0.1) is 5.69 Å². The zero-order valence-electron chi connectivity index (χ0n) is 7.67. The Balaban J connectivity index is 2.16. The van der Waals surface area contributed by atoms with Gasteiger partial charge in [-0.05, 0) is 17.7 Å². The molecule has 0 spiro atoms. The van der Waals surface area contributed by atoms with Gasteiger partial charge in [0.1, 0.15) is 0 Å². The maximum atomic E-state index is 4.31. The first-order valence-corrected chi connectivity index (χ1v) is 4.44. The first-order valence-electron chi connectivity index (χ1n) is 4.44. The van der Waals surface area contributed by atoms with Crippen LogP contribution in [0.15, 0.2) is 59.9 Å². The molecule has 14 heavy (non-hydrogen) atoms. The van der Waals surface area contributed by atoms with Crippen LogP contribution in [-0.2, 0) is 0 Å². The van der Waals surface area contributed by atoms with Crippen LogP contribution in [0.25, 0.3) is 0 Å². The van der Waals surface area contributed by atoms with Crippen molar-refractivity contribution in [3.8, 4) is 0 Å². The van der Waals surface area contributed by atoms with Gasteiger partial charge in [-0.15, -0.1) is 0 Å². The Bertz CT molecular complexity index is 365. The van der Waals surface area contributed by atoms with Crippen molar-refractivity contribution in [1.82, 2.24) is 4.98 Å². The number of benzene rings is 1. The van der Waals surface area contributed by atoms with Gasteiger partial charge in [0.25, 0.3) is 0 Å². The molecule has 2 rings (SSSR count). The molecule has 0 atom stereocenters. The van der Waals surface area contributed by atoms with Crippen LogP contribution in [0.4, 0.5) is 5.69 Å². The van der Waals surface area contributed by atoms with E-state index >= 15 is 0 Å². The van der Waals surface area contributed by atoms with Crippen molar-refractivity contribution in [3.05, 3.63) is 60.4 Å². The van der Waals surface area contributed by atoms with Crippen molar-refractivity contribution in [2.45, 2.75) is 0 Å². The Morgan fingerprint density at radius 1 is 0.929 bits per heavy atom. The van der Waals surface area contributed by atoms with Gasteiger partial charge in [-0.2, -0.15) is 0 Å². The molecule has 0 amide bonds. The lowest BCUT2D eigenvalue weighted by molar-refractivity contribution is 1.32. The second kappa shape index (κ2) is 4.33. The summed E-state index contributed by atoms with van der Waals surface area (Å²) in [5.74, 6) is 0. The predicted molar refractivity (Wildman–Crippen MR) is 57.9 cm³/mol. The average Bonchev–Trinajstić information content (AvgIpc) is 2.29. The number of nitrogens with zero attached hydrogens (tertiary/aromatic N) is 2. The molecule has 68 valence electrons. The molecule has 0 unspecified atom stereocenters. The van der Waals surface area contributed by atoms with E-state index in [0.717, 1.165) is 11.3 Å². The molecule has 0 saturated heterocycles. The summed E-state index contributed by atoms with van der Waals surface area (Å²) in [6.45, 7) is 0. The molecule has 0 N–H and O–H groups in total. The SMILES string of the molecule is C(=N\c1ccncc1)/c1ccccc1. The van der Waals surface area contributed by atoms with E-state index in [0.29, 0.717) is 0 Å². The fourth-order valence-electron chi connectivity index (χ4n) is 1.12. The Morgan fingerprint density at radius 2 is 1.64 bits per heavy atom. The van der Waals surface area contributed by atoms with Gasteiger partial charge >= 0.3 is 0 Å². The second-order valence-electron chi connectivity index (χ2n) is 2.87.